The van der Waals surface area contributed by atoms with Gasteiger partial charge in [-0.3, -0.25) is 0 Å². The van der Waals surface area contributed by atoms with E-state index in [0.717, 1.165) is 30.4 Å². The molecule has 19 heavy (non-hydrogen) atoms. The fraction of sp³-hybridized carbons (Fsp3) is 0.600. The molecule has 0 unspecified atom stereocenters. The largest absolute Gasteiger partial charge is 0.490 e. The van der Waals surface area contributed by atoms with Crippen LogP contribution in [0, 0.1) is 0 Å². The highest BCUT2D eigenvalue weighted by molar-refractivity contribution is 7.98. The zero-order valence-electron chi connectivity index (χ0n) is 11.8. The maximum atomic E-state index is 5.93. The van der Waals surface area contributed by atoms with Gasteiger partial charge in [-0.2, -0.15) is 11.8 Å². The quantitative estimate of drug-likeness (QED) is 0.705. The second-order valence-electron chi connectivity index (χ2n) is 4.67. The molecule has 0 amide bonds. The van der Waals surface area contributed by atoms with Gasteiger partial charge in [0.2, 0.25) is 0 Å². The summed E-state index contributed by atoms with van der Waals surface area (Å²) in [6.07, 6.45) is 4.69. The fourth-order valence-electron chi connectivity index (χ4n) is 1.90. The first-order valence-corrected chi connectivity index (χ1v) is 8.34. The highest BCUT2D eigenvalue weighted by atomic mass is 32.2. The molecule has 3 nitrogen and oxygen atoms in total. The van der Waals surface area contributed by atoms with E-state index in [4.69, 9.17) is 9.47 Å². The lowest BCUT2D eigenvalue weighted by Crippen LogP contribution is -2.16. The zero-order valence-corrected chi connectivity index (χ0v) is 12.6. The molecule has 2 rings (SSSR count). The minimum absolute atomic E-state index is 0.665. The lowest BCUT2D eigenvalue weighted by molar-refractivity contribution is 0.286. The molecule has 0 bridgehead atoms. The van der Waals surface area contributed by atoms with Crippen LogP contribution in [0.3, 0.4) is 0 Å². The van der Waals surface area contributed by atoms with Crippen molar-refractivity contribution in [1.29, 1.82) is 0 Å². The van der Waals surface area contributed by atoms with Crippen molar-refractivity contribution in [3.05, 3.63) is 23.8 Å². The molecular weight excluding hydrogens is 258 g/mol. The van der Waals surface area contributed by atoms with Gasteiger partial charge in [-0.25, -0.2) is 0 Å². The SMILES string of the molecule is CCOc1cccc(CNC2CC2)c1OCCSC. The summed E-state index contributed by atoms with van der Waals surface area (Å²) in [6, 6.07) is 6.84. The zero-order chi connectivity index (χ0) is 13.5. The normalized spacial score (nSPS) is 14.4. The molecular formula is C15H23NO2S. The third-order valence-electron chi connectivity index (χ3n) is 3.05. The molecule has 0 aromatic heterocycles. The van der Waals surface area contributed by atoms with Crippen molar-refractivity contribution in [2.45, 2.75) is 32.4 Å². The number of hydrogen-bond acceptors (Lipinski definition) is 4. The van der Waals surface area contributed by atoms with Gasteiger partial charge in [0.05, 0.1) is 13.2 Å². The summed E-state index contributed by atoms with van der Waals surface area (Å²) in [7, 11) is 0. The lowest BCUT2D eigenvalue weighted by atomic mass is 10.2. The predicted molar refractivity (Wildman–Crippen MR) is 81.3 cm³/mol. The maximum absolute atomic E-state index is 5.93. The van der Waals surface area contributed by atoms with Crippen molar-refractivity contribution in [2.24, 2.45) is 0 Å². The van der Waals surface area contributed by atoms with E-state index in [1.165, 1.54) is 18.4 Å². The van der Waals surface area contributed by atoms with Crippen LogP contribution in [0.2, 0.25) is 0 Å². The second-order valence-corrected chi connectivity index (χ2v) is 5.66. The van der Waals surface area contributed by atoms with Crippen LogP contribution in [0.1, 0.15) is 25.3 Å². The highest BCUT2D eigenvalue weighted by Gasteiger charge is 2.21. The van der Waals surface area contributed by atoms with Crippen LogP contribution in [0.5, 0.6) is 11.5 Å². The van der Waals surface area contributed by atoms with E-state index in [0.29, 0.717) is 12.6 Å². The molecule has 1 fully saturated rings. The van der Waals surface area contributed by atoms with E-state index in [9.17, 15) is 0 Å². The third kappa shape index (κ3) is 4.62. The van der Waals surface area contributed by atoms with Gasteiger partial charge in [0.15, 0.2) is 11.5 Å². The average Bonchev–Trinajstić information content (AvgIpc) is 3.23. The highest BCUT2D eigenvalue weighted by Crippen LogP contribution is 2.32. The molecule has 0 saturated heterocycles. The molecule has 0 heterocycles. The van der Waals surface area contributed by atoms with Gasteiger partial charge in [0.1, 0.15) is 0 Å². The Bertz CT molecular complexity index is 394. The van der Waals surface area contributed by atoms with Crippen LogP contribution in [0.15, 0.2) is 18.2 Å². The van der Waals surface area contributed by atoms with E-state index >= 15 is 0 Å². The number of ether oxygens (including phenoxy) is 2. The number of benzene rings is 1. The molecule has 0 radical (unpaired) electrons. The number of rotatable bonds is 9. The summed E-state index contributed by atoms with van der Waals surface area (Å²) < 4.78 is 11.6. The van der Waals surface area contributed by atoms with Crippen molar-refractivity contribution in [2.75, 3.05) is 25.2 Å². The molecule has 1 aliphatic carbocycles. The van der Waals surface area contributed by atoms with Crippen molar-refractivity contribution in [3.8, 4) is 11.5 Å². The number of para-hydroxylation sites is 1. The van der Waals surface area contributed by atoms with Gasteiger partial charge in [-0.1, -0.05) is 12.1 Å². The molecule has 1 aromatic carbocycles. The smallest absolute Gasteiger partial charge is 0.165 e. The summed E-state index contributed by atoms with van der Waals surface area (Å²) in [5.41, 5.74) is 1.19. The molecule has 106 valence electrons. The maximum Gasteiger partial charge on any atom is 0.165 e. The minimum atomic E-state index is 0.665. The molecule has 1 N–H and O–H groups in total. The topological polar surface area (TPSA) is 30.5 Å². The average molecular weight is 281 g/mol. The monoisotopic (exact) mass is 281 g/mol. The molecule has 0 spiro atoms. The number of hydrogen-bond donors (Lipinski definition) is 1. The van der Waals surface area contributed by atoms with E-state index < -0.39 is 0 Å². The number of thioether (sulfide) groups is 1. The van der Waals surface area contributed by atoms with Gasteiger partial charge in [0.25, 0.3) is 0 Å². The molecule has 1 aliphatic rings. The van der Waals surface area contributed by atoms with Crippen molar-refractivity contribution in [1.82, 2.24) is 5.32 Å². The van der Waals surface area contributed by atoms with Gasteiger partial charge >= 0.3 is 0 Å². The molecule has 0 aliphatic heterocycles. The van der Waals surface area contributed by atoms with Crippen molar-refractivity contribution >= 4 is 11.8 Å². The Balaban J connectivity index is 2.05. The first-order chi connectivity index (χ1) is 9.35. The second kappa shape index (κ2) is 7.65. The molecule has 1 saturated carbocycles. The van der Waals surface area contributed by atoms with Gasteiger partial charge < -0.3 is 14.8 Å². The van der Waals surface area contributed by atoms with Crippen LogP contribution < -0.4 is 14.8 Å². The fourth-order valence-corrected chi connectivity index (χ4v) is 2.15. The third-order valence-corrected chi connectivity index (χ3v) is 3.63. The summed E-state index contributed by atoms with van der Waals surface area (Å²) in [4.78, 5) is 0. The van der Waals surface area contributed by atoms with Gasteiger partial charge in [-0.05, 0) is 32.1 Å². The van der Waals surface area contributed by atoms with E-state index in [2.05, 4.69) is 17.6 Å². The van der Waals surface area contributed by atoms with Gasteiger partial charge in [-0.15, -0.1) is 0 Å². The summed E-state index contributed by atoms with van der Waals surface area (Å²) in [5.74, 6) is 2.76. The Morgan fingerprint density at radius 2 is 2.16 bits per heavy atom. The summed E-state index contributed by atoms with van der Waals surface area (Å²) in [6.45, 7) is 4.25. The van der Waals surface area contributed by atoms with Crippen molar-refractivity contribution in [3.63, 3.8) is 0 Å². The Kier molecular flexibility index (Phi) is 5.86. The molecule has 1 aromatic rings. The first kappa shape index (κ1) is 14.5. The summed E-state index contributed by atoms with van der Waals surface area (Å²) >= 11 is 1.79. The number of nitrogens with one attached hydrogen (secondary N) is 1. The summed E-state index contributed by atoms with van der Waals surface area (Å²) in [5, 5.41) is 3.53. The van der Waals surface area contributed by atoms with E-state index in [1.807, 2.05) is 19.1 Å². The van der Waals surface area contributed by atoms with Crippen LogP contribution in [-0.4, -0.2) is 31.3 Å². The molecule has 4 heteroatoms. The Morgan fingerprint density at radius 3 is 2.84 bits per heavy atom. The lowest BCUT2D eigenvalue weighted by Gasteiger charge is -2.16. The van der Waals surface area contributed by atoms with Crippen LogP contribution >= 0.6 is 11.8 Å². The Labute approximate surface area is 120 Å². The minimum Gasteiger partial charge on any atom is -0.490 e. The van der Waals surface area contributed by atoms with Crippen LogP contribution in [-0.2, 0) is 6.54 Å². The molecule has 0 atom stereocenters. The standard InChI is InChI=1S/C15H23NO2S/c1-3-17-14-6-4-5-12(11-16-13-7-8-13)15(14)18-9-10-19-2/h4-6,13,16H,3,7-11H2,1-2H3. The van der Waals surface area contributed by atoms with Crippen LogP contribution in [0.25, 0.3) is 0 Å². The Hall–Kier alpha value is -0.870. The predicted octanol–water partition coefficient (Wildman–Crippen LogP) is 3.08. The van der Waals surface area contributed by atoms with E-state index in [-0.39, 0.29) is 0 Å². The van der Waals surface area contributed by atoms with Gasteiger partial charge in [0, 0.05) is 23.9 Å². The van der Waals surface area contributed by atoms with Crippen LogP contribution in [0.4, 0.5) is 0 Å². The van der Waals surface area contributed by atoms with Crippen molar-refractivity contribution < 1.29 is 9.47 Å². The van der Waals surface area contributed by atoms with E-state index in [1.54, 1.807) is 11.8 Å². The Morgan fingerprint density at radius 1 is 1.32 bits per heavy atom. The first-order valence-electron chi connectivity index (χ1n) is 6.95.